The fraction of sp³-hybridized carbons (Fsp3) is 0.786. The quantitative estimate of drug-likeness (QED) is 0.561. The van der Waals surface area contributed by atoms with Crippen molar-refractivity contribution in [2.75, 3.05) is 6.61 Å². The fourth-order valence-corrected chi connectivity index (χ4v) is 2.37. The highest BCUT2D eigenvalue weighted by Gasteiger charge is 2.46. The third kappa shape index (κ3) is 5.00. The maximum Gasteiger partial charge on any atom is 0.303 e. The monoisotopic (exact) mass is 302 g/mol. The molecule has 0 spiro atoms. The first-order valence-electron chi connectivity index (χ1n) is 6.85. The fourth-order valence-electron chi connectivity index (χ4n) is 2.37. The average Bonchev–Trinajstić information content (AvgIpc) is 2.35. The molecule has 7 heteroatoms. The van der Waals surface area contributed by atoms with Crippen molar-refractivity contribution >= 4 is 17.9 Å². The number of hydrogen-bond donors (Lipinski definition) is 0. The Morgan fingerprint density at radius 2 is 1.43 bits per heavy atom. The van der Waals surface area contributed by atoms with Gasteiger partial charge in [-0.05, 0) is 6.92 Å². The van der Waals surface area contributed by atoms with Gasteiger partial charge in [0.25, 0.3) is 0 Å². The van der Waals surface area contributed by atoms with E-state index in [1.807, 2.05) is 0 Å². The lowest BCUT2D eigenvalue weighted by Crippen LogP contribution is -2.56. The predicted molar refractivity (Wildman–Crippen MR) is 71.2 cm³/mol. The van der Waals surface area contributed by atoms with Crippen molar-refractivity contribution in [2.45, 2.75) is 59.0 Å². The molecule has 0 bridgehead atoms. The second kappa shape index (κ2) is 7.40. The maximum atomic E-state index is 11.3. The Morgan fingerprint density at radius 3 is 1.90 bits per heavy atom. The van der Waals surface area contributed by atoms with Crippen LogP contribution in [-0.2, 0) is 33.3 Å². The van der Waals surface area contributed by atoms with Crippen LogP contribution in [0.25, 0.3) is 0 Å². The lowest BCUT2D eigenvalue weighted by molar-refractivity contribution is -0.226. The lowest BCUT2D eigenvalue weighted by atomic mass is 9.88. The van der Waals surface area contributed by atoms with E-state index in [9.17, 15) is 14.4 Å². The normalized spacial score (nSPS) is 32.1. The number of carbonyl (C=O) groups is 3. The van der Waals surface area contributed by atoms with Crippen molar-refractivity contribution < 1.29 is 33.3 Å². The summed E-state index contributed by atoms with van der Waals surface area (Å²) in [5.74, 6) is -1.64. The molecule has 1 aliphatic rings. The summed E-state index contributed by atoms with van der Waals surface area (Å²) in [5.41, 5.74) is 0. The standard InChI is InChI=1S/C14H22O7/c1-7-12(6-18-9(3)15)19-8(2)14(21-11(5)17)13(7)20-10(4)16/h7-8,12-14H,6H2,1-5H3/t7-,8+,12?,13?,14?/m1/s1. The minimum absolute atomic E-state index is 0.0609. The van der Waals surface area contributed by atoms with Crippen LogP contribution in [0.1, 0.15) is 34.6 Å². The smallest absolute Gasteiger partial charge is 0.303 e. The highest BCUT2D eigenvalue weighted by molar-refractivity contribution is 5.67. The van der Waals surface area contributed by atoms with E-state index in [0.717, 1.165) is 0 Å². The Balaban J connectivity index is 2.87. The molecule has 0 aromatic carbocycles. The molecule has 0 saturated carbocycles. The van der Waals surface area contributed by atoms with E-state index in [2.05, 4.69) is 0 Å². The van der Waals surface area contributed by atoms with Crippen LogP contribution in [0.4, 0.5) is 0 Å². The molecule has 21 heavy (non-hydrogen) atoms. The third-order valence-corrected chi connectivity index (χ3v) is 3.34. The Morgan fingerprint density at radius 1 is 0.905 bits per heavy atom. The van der Waals surface area contributed by atoms with Crippen molar-refractivity contribution in [3.8, 4) is 0 Å². The van der Waals surface area contributed by atoms with Gasteiger partial charge in [-0.15, -0.1) is 0 Å². The van der Waals surface area contributed by atoms with Crippen LogP contribution in [-0.4, -0.2) is 48.9 Å². The summed E-state index contributed by atoms with van der Waals surface area (Å²) >= 11 is 0. The van der Waals surface area contributed by atoms with E-state index >= 15 is 0 Å². The molecule has 0 radical (unpaired) electrons. The molecule has 0 aromatic rings. The van der Waals surface area contributed by atoms with Crippen molar-refractivity contribution in [3.05, 3.63) is 0 Å². The largest absolute Gasteiger partial charge is 0.463 e. The summed E-state index contributed by atoms with van der Waals surface area (Å²) in [5, 5.41) is 0. The van der Waals surface area contributed by atoms with E-state index < -0.39 is 42.3 Å². The zero-order chi connectivity index (χ0) is 16.2. The molecule has 3 unspecified atom stereocenters. The number of ether oxygens (including phenoxy) is 4. The van der Waals surface area contributed by atoms with Crippen LogP contribution in [0, 0.1) is 5.92 Å². The summed E-state index contributed by atoms with van der Waals surface area (Å²) in [6.07, 6.45) is -2.24. The summed E-state index contributed by atoms with van der Waals surface area (Å²) < 4.78 is 21.2. The van der Waals surface area contributed by atoms with E-state index in [1.54, 1.807) is 13.8 Å². The van der Waals surface area contributed by atoms with Crippen LogP contribution < -0.4 is 0 Å². The van der Waals surface area contributed by atoms with Gasteiger partial charge in [0.2, 0.25) is 0 Å². The first-order chi connectivity index (χ1) is 9.72. The highest BCUT2D eigenvalue weighted by atomic mass is 16.6. The Kier molecular flexibility index (Phi) is 6.14. The summed E-state index contributed by atoms with van der Waals surface area (Å²) in [4.78, 5) is 33.4. The van der Waals surface area contributed by atoms with E-state index in [4.69, 9.17) is 18.9 Å². The molecule has 1 rings (SSSR count). The van der Waals surface area contributed by atoms with Crippen molar-refractivity contribution in [1.82, 2.24) is 0 Å². The summed E-state index contributed by atoms with van der Waals surface area (Å²) in [6, 6.07) is 0. The average molecular weight is 302 g/mol. The molecule has 1 heterocycles. The number of esters is 3. The second-order valence-corrected chi connectivity index (χ2v) is 5.19. The van der Waals surface area contributed by atoms with Crippen molar-refractivity contribution in [1.29, 1.82) is 0 Å². The molecule has 0 amide bonds. The molecule has 120 valence electrons. The Bertz CT molecular complexity index is 406. The van der Waals surface area contributed by atoms with Gasteiger partial charge in [0.1, 0.15) is 12.7 Å². The van der Waals surface area contributed by atoms with Crippen molar-refractivity contribution in [2.24, 2.45) is 5.92 Å². The lowest BCUT2D eigenvalue weighted by Gasteiger charge is -2.43. The second-order valence-electron chi connectivity index (χ2n) is 5.19. The SMILES string of the molecule is CC(=O)OCC1O[C@@H](C)C(OC(C)=O)C(OC(C)=O)[C@@H]1C. The van der Waals surface area contributed by atoms with Gasteiger partial charge in [-0.2, -0.15) is 0 Å². The van der Waals surface area contributed by atoms with Gasteiger partial charge in [-0.3, -0.25) is 14.4 Å². The first kappa shape index (κ1) is 17.4. The van der Waals surface area contributed by atoms with Crippen LogP contribution in [0.5, 0.6) is 0 Å². The molecule has 1 aliphatic heterocycles. The summed E-state index contributed by atoms with van der Waals surface area (Å²) in [6.45, 7) is 7.46. The van der Waals surface area contributed by atoms with Gasteiger partial charge in [0.05, 0.1) is 12.2 Å². The molecule has 0 aromatic heterocycles. The molecular formula is C14H22O7. The predicted octanol–water partition coefficient (Wildman–Crippen LogP) is 0.836. The molecule has 0 aliphatic carbocycles. The molecular weight excluding hydrogens is 280 g/mol. The van der Waals surface area contributed by atoms with Crippen LogP contribution in [0.2, 0.25) is 0 Å². The van der Waals surface area contributed by atoms with Crippen LogP contribution >= 0.6 is 0 Å². The third-order valence-electron chi connectivity index (χ3n) is 3.34. The number of hydrogen-bond acceptors (Lipinski definition) is 7. The maximum absolute atomic E-state index is 11.3. The molecule has 0 N–H and O–H groups in total. The molecule has 1 saturated heterocycles. The van der Waals surface area contributed by atoms with E-state index in [0.29, 0.717) is 0 Å². The molecule has 7 nitrogen and oxygen atoms in total. The van der Waals surface area contributed by atoms with Gasteiger partial charge >= 0.3 is 17.9 Å². The number of rotatable bonds is 4. The zero-order valence-corrected chi connectivity index (χ0v) is 13.0. The minimum atomic E-state index is -0.685. The van der Waals surface area contributed by atoms with Gasteiger partial charge in [0, 0.05) is 26.7 Å². The Labute approximate surface area is 123 Å². The van der Waals surface area contributed by atoms with E-state index in [-0.39, 0.29) is 12.5 Å². The molecule has 5 atom stereocenters. The Hall–Kier alpha value is -1.63. The van der Waals surface area contributed by atoms with Crippen LogP contribution in [0.15, 0.2) is 0 Å². The topological polar surface area (TPSA) is 88.1 Å². The van der Waals surface area contributed by atoms with Crippen molar-refractivity contribution in [3.63, 3.8) is 0 Å². The van der Waals surface area contributed by atoms with Gasteiger partial charge in [0.15, 0.2) is 6.10 Å². The number of carbonyl (C=O) groups excluding carboxylic acids is 3. The van der Waals surface area contributed by atoms with Gasteiger partial charge < -0.3 is 18.9 Å². The van der Waals surface area contributed by atoms with Gasteiger partial charge in [-0.25, -0.2) is 0 Å². The zero-order valence-electron chi connectivity index (χ0n) is 13.0. The van der Waals surface area contributed by atoms with E-state index in [1.165, 1.54) is 20.8 Å². The van der Waals surface area contributed by atoms with Crippen LogP contribution in [0.3, 0.4) is 0 Å². The first-order valence-corrected chi connectivity index (χ1v) is 6.85. The highest BCUT2D eigenvalue weighted by Crippen LogP contribution is 2.30. The minimum Gasteiger partial charge on any atom is -0.463 e. The summed E-state index contributed by atoms with van der Waals surface area (Å²) in [7, 11) is 0. The van der Waals surface area contributed by atoms with Gasteiger partial charge in [-0.1, -0.05) is 6.92 Å². The molecule has 1 fully saturated rings.